The van der Waals surface area contributed by atoms with Crippen molar-refractivity contribution in [3.05, 3.63) is 54.6 Å². The molecule has 0 unspecified atom stereocenters. The fourth-order valence-electron chi connectivity index (χ4n) is 2.82. The fourth-order valence-corrected chi connectivity index (χ4v) is 2.82. The van der Waals surface area contributed by atoms with Crippen molar-refractivity contribution in [2.45, 2.75) is 45.8 Å². The molecule has 2 amide bonds. The Morgan fingerprint density at radius 1 is 0.815 bits per heavy atom. The standard InChI is InChI=1S/C22H26N4O/c1-21(2,3)25-26-22(4,5)24-20(27)23-17-13-12-16-11-10-15-8-6-7-9-18(15)19(16)14-17/h6-14H,1-5H3,(H2,23,24,27). The Kier molecular flexibility index (Phi) is 4.87. The quantitative estimate of drug-likeness (QED) is 0.429. The van der Waals surface area contributed by atoms with Gasteiger partial charge in [0.25, 0.3) is 0 Å². The summed E-state index contributed by atoms with van der Waals surface area (Å²) in [5.74, 6) is 0. The van der Waals surface area contributed by atoms with Gasteiger partial charge in [0.1, 0.15) is 5.66 Å². The Hall–Kier alpha value is -2.95. The van der Waals surface area contributed by atoms with E-state index in [4.69, 9.17) is 0 Å². The lowest BCUT2D eigenvalue weighted by molar-refractivity contribution is 0.240. The normalized spacial score (nSPS) is 12.6. The number of nitrogens with zero attached hydrogens (tertiary/aromatic N) is 2. The number of urea groups is 1. The number of carbonyl (C=O) groups excluding carboxylic acids is 1. The van der Waals surface area contributed by atoms with Crippen LogP contribution in [0.2, 0.25) is 0 Å². The van der Waals surface area contributed by atoms with Crippen LogP contribution in [0.25, 0.3) is 21.5 Å². The Morgan fingerprint density at radius 3 is 2.15 bits per heavy atom. The number of fused-ring (bicyclic) bond motifs is 3. The first-order valence-corrected chi connectivity index (χ1v) is 9.08. The Morgan fingerprint density at radius 2 is 1.44 bits per heavy atom. The van der Waals surface area contributed by atoms with E-state index in [1.165, 1.54) is 10.8 Å². The molecule has 0 radical (unpaired) electrons. The van der Waals surface area contributed by atoms with Crippen LogP contribution >= 0.6 is 0 Å². The van der Waals surface area contributed by atoms with E-state index in [9.17, 15) is 4.79 Å². The van der Waals surface area contributed by atoms with Gasteiger partial charge in [-0.15, -0.1) is 0 Å². The van der Waals surface area contributed by atoms with E-state index in [1.54, 1.807) is 0 Å². The second-order valence-corrected chi connectivity index (χ2v) is 8.23. The van der Waals surface area contributed by atoms with E-state index in [1.807, 2.05) is 65.0 Å². The lowest BCUT2D eigenvalue weighted by Gasteiger charge is -2.22. The van der Waals surface area contributed by atoms with Crippen LogP contribution in [0.5, 0.6) is 0 Å². The number of rotatable bonds is 3. The molecule has 0 saturated heterocycles. The predicted molar refractivity (Wildman–Crippen MR) is 112 cm³/mol. The summed E-state index contributed by atoms with van der Waals surface area (Å²) in [4.78, 5) is 12.4. The van der Waals surface area contributed by atoms with Crippen LogP contribution in [0.3, 0.4) is 0 Å². The minimum Gasteiger partial charge on any atom is -0.312 e. The minimum absolute atomic E-state index is 0.283. The average molecular weight is 362 g/mol. The zero-order chi connectivity index (χ0) is 19.7. The third kappa shape index (κ3) is 4.82. The number of hydrogen-bond acceptors (Lipinski definition) is 3. The SMILES string of the molecule is CC(C)(C)N=NC(C)(C)NC(=O)Nc1ccc2ccc3ccccc3c2c1. The lowest BCUT2D eigenvalue weighted by Crippen LogP contribution is -2.44. The van der Waals surface area contributed by atoms with E-state index >= 15 is 0 Å². The second-order valence-electron chi connectivity index (χ2n) is 8.23. The molecule has 0 atom stereocenters. The highest BCUT2D eigenvalue weighted by Crippen LogP contribution is 2.27. The molecule has 27 heavy (non-hydrogen) atoms. The Bertz CT molecular complexity index is 1020. The summed E-state index contributed by atoms with van der Waals surface area (Å²) in [6, 6.07) is 18.0. The zero-order valence-corrected chi connectivity index (χ0v) is 16.5. The number of nitrogens with one attached hydrogen (secondary N) is 2. The zero-order valence-electron chi connectivity index (χ0n) is 16.5. The van der Waals surface area contributed by atoms with Crippen LogP contribution in [-0.2, 0) is 0 Å². The molecule has 0 aromatic heterocycles. The van der Waals surface area contributed by atoms with Crippen molar-refractivity contribution < 1.29 is 4.79 Å². The number of benzene rings is 3. The van der Waals surface area contributed by atoms with E-state index in [0.29, 0.717) is 0 Å². The van der Waals surface area contributed by atoms with Gasteiger partial charge in [0.15, 0.2) is 0 Å². The smallest absolute Gasteiger partial charge is 0.312 e. The van der Waals surface area contributed by atoms with E-state index in [0.717, 1.165) is 16.5 Å². The summed E-state index contributed by atoms with van der Waals surface area (Å²) in [6.07, 6.45) is 0. The van der Waals surface area contributed by atoms with Gasteiger partial charge in [0.05, 0.1) is 5.54 Å². The van der Waals surface area contributed by atoms with Gasteiger partial charge in [-0.2, -0.15) is 10.2 Å². The topological polar surface area (TPSA) is 65.8 Å². The molecule has 3 aromatic carbocycles. The van der Waals surface area contributed by atoms with Crippen LogP contribution < -0.4 is 10.6 Å². The monoisotopic (exact) mass is 362 g/mol. The Labute approximate surface area is 159 Å². The van der Waals surface area contributed by atoms with Gasteiger partial charge >= 0.3 is 6.03 Å². The molecule has 0 aliphatic heterocycles. The molecule has 2 N–H and O–H groups in total. The van der Waals surface area contributed by atoms with Crippen LogP contribution in [0.4, 0.5) is 10.5 Å². The summed E-state index contributed by atoms with van der Waals surface area (Å²) < 4.78 is 0. The third-order valence-corrected chi connectivity index (χ3v) is 4.02. The summed E-state index contributed by atoms with van der Waals surface area (Å²) in [7, 11) is 0. The van der Waals surface area contributed by atoms with Crippen molar-refractivity contribution in [1.29, 1.82) is 0 Å². The van der Waals surface area contributed by atoms with Crippen molar-refractivity contribution in [2.75, 3.05) is 5.32 Å². The molecule has 0 aliphatic carbocycles. The van der Waals surface area contributed by atoms with Gasteiger partial charge in [0, 0.05) is 5.69 Å². The minimum atomic E-state index is -0.791. The summed E-state index contributed by atoms with van der Waals surface area (Å²) in [6.45, 7) is 9.52. The van der Waals surface area contributed by atoms with Crippen LogP contribution in [0.1, 0.15) is 34.6 Å². The van der Waals surface area contributed by atoms with Crippen molar-refractivity contribution in [3.8, 4) is 0 Å². The highest BCUT2D eigenvalue weighted by atomic mass is 16.2. The first kappa shape index (κ1) is 18.8. The van der Waals surface area contributed by atoms with Crippen molar-refractivity contribution in [2.24, 2.45) is 10.2 Å². The van der Waals surface area contributed by atoms with E-state index < -0.39 is 5.66 Å². The molecule has 0 bridgehead atoms. The van der Waals surface area contributed by atoms with Gasteiger partial charge < -0.3 is 10.6 Å². The molecule has 0 spiro atoms. The van der Waals surface area contributed by atoms with E-state index in [-0.39, 0.29) is 11.6 Å². The number of amides is 2. The number of anilines is 1. The van der Waals surface area contributed by atoms with Crippen molar-refractivity contribution in [1.82, 2.24) is 5.32 Å². The Balaban J connectivity index is 1.81. The van der Waals surface area contributed by atoms with Crippen LogP contribution in [-0.4, -0.2) is 17.2 Å². The number of hydrogen-bond donors (Lipinski definition) is 2. The molecular formula is C22H26N4O. The number of carbonyl (C=O) groups is 1. The molecule has 3 rings (SSSR count). The first-order valence-electron chi connectivity index (χ1n) is 9.08. The van der Waals surface area contributed by atoms with Crippen molar-refractivity contribution >= 4 is 33.3 Å². The van der Waals surface area contributed by atoms with Gasteiger partial charge in [-0.3, -0.25) is 0 Å². The predicted octanol–water partition coefficient (Wildman–Crippen LogP) is 6.10. The molecular weight excluding hydrogens is 336 g/mol. The molecule has 3 aromatic rings. The number of azo groups is 1. The van der Waals surface area contributed by atoms with Gasteiger partial charge in [-0.25, -0.2) is 4.79 Å². The largest absolute Gasteiger partial charge is 0.321 e. The summed E-state index contributed by atoms with van der Waals surface area (Å²) >= 11 is 0. The fraction of sp³-hybridized carbons (Fsp3) is 0.318. The summed E-state index contributed by atoms with van der Waals surface area (Å²) in [5.41, 5.74) is -0.338. The van der Waals surface area contributed by atoms with Crippen LogP contribution in [0.15, 0.2) is 64.8 Å². The molecule has 5 heteroatoms. The lowest BCUT2D eigenvalue weighted by atomic mass is 10.0. The second kappa shape index (κ2) is 6.99. The van der Waals surface area contributed by atoms with Crippen LogP contribution in [0, 0.1) is 0 Å². The van der Waals surface area contributed by atoms with Crippen molar-refractivity contribution in [3.63, 3.8) is 0 Å². The molecule has 0 saturated carbocycles. The summed E-state index contributed by atoms with van der Waals surface area (Å²) in [5, 5.41) is 18.8. The maximum Gasteiger partial charge on any atom is 0.321 e. The molecule has 0 aliphatic rings. The highest BCUT2D eigenvalue weighted by molar-refractivity contribution is 6.09. The molecule has 140 valence electrons. The first-order chi connectivity index (χ1) is 12.6. The highest BCUT2D eigenvalue weighted by Gasteiger charge is 2.21. The van der Waals surface area contributed by atoms with Gasteiger partial charge in [0.2, 0.25) is 0 Å². The molecule has 0 heterocycles. The third-order valence-electron chi connectivity index (χ3n) is 4.02. The molecule has 5 nitrogen and oxygen atoms in total. The maximum absolute atomic E-state index is 12.4. The molecule has 0 fully saturated rings. The van der Waals surface area contributed by atoms with E-state index in [2.05, 4.69) is 45.1 Å². The van der Waals surface area contributed by atoms with Gasteiger partial charge in [-0.1, -0.05) is 42.5 Å². The van der Waals surface area contributed by atoms with Gasteiger partial charge in [-0.05, 0) is 68.3 Å². The average Bonchev–Trinajstić information content (AvgIpc) is 2.59. The maximum atomic E-state index is 12.4.